The number of benzene rings is 1. The molecule has 1 unspecified atom stereocenters. The highest BCUT2D eigenvalue weighted by molar-refractivity contribution is 7.32. The van der Waals surface area contributed by atoms with Gasteiger partial charge in [-0.15, -0.1) is 9.42 Å². The highest BCUT2D eigenvalue weighted by atomic mass is 31.1. The average Bonchev–Trinajstić information content (AvgIpc) is 3.45. The van der Waals surface area contributed by atoms with Gasteiger partial charge in [0.2, 0.25) is 17.3 Å². The molecule has 10 nitrogen and oxygen atoms in total. The van der Waals surface area contributed by atoms with Crippen LogP contribution in [0, 0.1) is 13.8 Å². The zero-order valence-corrected chi connectivity index (χ0v) is 20.8. The first kappa shape index (κ1) is 26.4. The Morgan fingerprint density at radius 1 is 1.24 bits per heavy atom. The predicted molar refractivity (Wildman–Crippen MR) is 126 cm³/mol. The molecule has 0 fully saturated rings. The minimum atomic E-state index is -4.90. The van der Waals surface area contributed by atoms with Crippen molar-refractivity contribution in [3.8, 4) is 11.4 Å². The smallest absolute Gasteiger partial charge is 0.339 e. The lowest BCUT2D eigenvalue weighted by atomic mass is 10.00. The number of alkyl halides is 3. The van der Waals surface area contributed by atoms with E-state index in [-0.39, 0.29) is 24.0 Å². The Bertz CT molecular complexity index is 1490. The maximum atomic E-state index is 13.4. The summed E-state index contributed by atoms with van der Waals surface area (Å²) in [5.41, 5.74) is 0.781. The van der Waals surface area contributed by atoms with Crippen LogP contribution in [-0.4, -0.2) is 42.1 Å². The first-order valence-electron chi connectivity index (χ1n) is 11.0. The van der Waals surface area contributed by atoms with Crippen LogP contribution in [0.3, 0.4) is 0 Å². The second-order valence-corrected chi connectivity index (χ2v) is 9.29. The van der Waals surface area contributed by atoms with Crippen molar-refractivity contribution in [1.29, 1.82) is 0 Å². The Labute approximate surface area is 209 Å². The topological polar surface area (TPSA) is 132 Å². The molecule has 194 valence electrons. The number of aryl methyl sites for hydroxylation is 3. The lowest BCUT2D eigenvalue weighted by molar-refractivity contribution is -0.244. The van der Waals surface area contributed by atoms with Gasteiger partial charge in [0.05, 0.1) is 6.20 Å². The van der Waals surface area contributed by atoms with Crippen LogP contribution >= 0.6 is 8.25 Å². The largest absolute Gasteiger partial charge is 0.695 e. The number of amides is 1. The fourth-order valence-corrected chi connectivity index (χ4v) is 4.10. The molecule has 3 aromatic heterocycles. The van der Waals surface area contributed by atoms with Crippen molar-refractivity contribution in [3.63, 3.8) is 0 Å². The summed E-state index contributed by atoms with van der Waals surface area (Å²) in [5, 5.41) is 6.65. The van der Waals surface area contributed by atoms with E-state index in [0.29, 0.717) is 29.5 Å². The molecule has 2 N–H and O–H groups in total. The van der Waals surface area contributed by atoms with Gasteiger partial charge in [-0.25, -0.2) is 4.98 Å². The summed E-state index contributed by atoms with van der Waals surface area (Å²) in [6, 6.07) is 8.73. The van der Waals surface area contributed by atoms with Crippen molar-refractivity contribution in [2.24, 2.45) is 0 Å². The van der Waals surface area contributed by atoms with Gasteiger partial charge in [-0.3, -0.25) is 9.20 Å². The van der Waals surface area contributed by atoms with Crippen molar-refractivity contribution in [2.45, 2.75) is 45.4 Å². The number of pyridine rings is 1. The van der Waals surface area contributed by atoms with E-state index in [1.54, 1.807) is 35.7 Å². The number of anilines is 1. The Morgan fingerprint density at radius 3 is 2.70 bits per heavy atom. The van der Waals surface area contributed by atoms with Gasteiger partial charge in [-0.1, -0.05) is 17.3 Å². The monoisotopic (exact) mass is 536 g/mol. The number of carbonyl (C=O) groups excluding carboxylic acids is 1. The van der Waals surface area contributed by atoms with E-state index < -0.39 is 26.5 Å². The fourth-order valence-electron chi connectivity index (χ4n) is 3.56. The number of nitrogens with one attached hydrogen (secondary N) is 1. The number of carbonyl (C=O) groups is 1. The third-order valence-corrected chi connectivity index (χ3v) is 6.37. The molecule has 1 amide bonds. The molecule has 37 heavy (non-hydrogen) atoms. The second-order valence-electron chi connectivity index (χ2n) is 8.63. The van der Waals surface area contributed by atoms with Crippen LogP contribution in [0.1, 0.15) is 40.9 Å². The second kappa shape index (κ2) is 10.0. The molecular weight excluding hydrogens is 514 g/mol. The molecule has 0 saturated heterocycles. The first-order valence-corrected chi connectivity index (χ1v) is 12.1. The van der Waals surface area contributed by atoms with Crippen molar-refractivity contribution >= 4 is 25.5 Å². The van der Waals surface area contributed by atoms with Crippen molar-refractivity contribution in [3.05, 3.63) is 65.4 Å². The summed E-state index contributed by atoms with van der Waals surface area (Å²) in [7, 11) is -3.48. The fraction of sp³-hybridized carbons (Fsp3) is 0.304. The highest BCUT2D eigenvalue weighted by Gasteiger charge is 2.57. The molecule has 0 radical (unpaired) electrons. The normalized spacial score (nSPS) is 14.0. The van der Waals surface area contributed by atoms with Crippen molar-refractivity contribution in [1.82, 2.24) is 19.5 Å². The molecule has 0 bridgehead atoms. The number of nitrogens with zero attached hydrogens (tertiary/aromatic N) is 4. The first-order chi connectivity index (χ1) is 17.4. The number of halogens is 3. The van der Waals surface area contributed by atoms with Crippen molar-refractivity contribution < 1.29 is 36.5 Å². The van der Waals surface area contributed by atoms with Gasteiger partial charge >= 0.3 is 14.4 Å². The minimum Gasteiger partial charge on any atom is -0.339 e. The number of aromatic nitrogens is 4. The molecule has 2 atom stereocenters. The van der Waals surface area contributed by atoms with E-state index in [4.69, 9.17) is 9.42 Å². The number of hydrogen-bond donors (Lipinski definition) is 2. The van der Waals surface area contributed by atoms with E-state index in [9.17, 15) is 22.5 Å². The van der Waals surface area contributed by atoms with Crippen LogP contribution in [0.4, 0.5) is 18.9 Å². The highest BCUT2D eigenvalue weighted by Crippen LogP contribution is 2.42. The molecule has 0 aliphatic rings. The van der Waals surface area contributed by atoms with E-state index >= 15 is 0 Å². The van der Waals surface area contributed by atoms with Crippen LogP contribution in [-0.2, 0) is 15.5 Å². The molecule has 0 spiro atoms. The van der Waals surface area contributed by atoms with Gasteiger partial charge in [-0.05, 0) is 56.5 Å². The summed E-state index contributed by atoms with van der Waals surface area (Å²) < 4.78 is 62.0. The molecule has 4 aromatic rings. The van der Waals surface area contributed by atoms with Gasteiger partial charge in [0.25, 0.3) is 5.91 Å². The zero-order valence-electron chi connectivity index (χ0n) is 19.9. The maximum Gasteiger partial charge on any atom is 0.695 e. The quantitative estimate of drug-likeness (QED) is 0.295. The predicted octanol–water partition coefficient (Wildman–Crippen LogP) is 5.17. The summed E-state index contributed by atoms with van der Waals surface area (Å²) in [5.74, 6) is -0.410. The molecule has 14 heteroatoms. The van der Waals surface area contributed by atoms with Gasteiger partial charge in [0.1, 0.15) is 11.3 Å². The molecule has 3 heterocycles. The van der Waals surface area contributed by atoms with Crippen LogP contribution < -0.4 is 5.32 Å². The Balaban J connectivity index is 1.51. The SMILES string of the molecule is Cc1ccn2c(C(=O)Nc3cc(-c4noc(CC[C@](C)(O[P+](=O)O)C(F)(F)F)n4)ccc3C)cnc2c1. The van der Waals surface area contributed by atoms with Crippen LogP contribution in [0.5, 0.6) is 0 Å². The lowest BCUT2D eigenvalue weighted by Crippen LogP contribution is -2.43. The van der Waals surface area contributed by atoms with Gasteiger partial charge in [0.15, 0.2) is 0 Å². The molecular formula is C23H22F3N5O5P+. The molecule has 0 aliphatic heterocycles. The standard InChI is InChI=1S/C23H21F3N5O5P/c1-13-7-9-31-17(12-27-18(31)10-13)21(32)28-16-11-15(5-4-14(16)2)20-29-19(35-30-20)6-8-22(3,23(24,25)26)36-37(33)34/h4-5,7,9-12H,6,8H2,1-3H3,(H-,28,32,33,34)/p+1/t22-/m0/s1. The van der Waals surface area contributed by atoms with E-state index in [0.717, 1.165) is 11.1 Å². The lowest BCUT2D eigenvalue weighted by Gasteiger charge is -2.24. The van der Waals surface area contributed by atoms with Gasteiger partial charge in [0, 0.05) is 28.4 Å². The van der Waals surface area contributed by atoms with Gasteiger partial charge < -0.3 is 9.84 Å². The molecule has 0 aliphatic carbocycles. The summed E-state index contributed by atoms with van der Waals surface area (Å²) in [4.78, 5) is 30.2. The third kappa shape index (κ3) is 5.68. The Kier molecular flexibility index (Phi) is 7.13. The number of hydrogen-bond acceptors (Lipinski definition) is 7. The van der Waals surface area contributed by atoms with E-state index in [1.165, 1.54) is 6.20 Å². The number of fused-ring (bicyclic) bond motifs is 1. The molecule has 0 saturated carbocycles. The Hall–Kier alpha value is -3.67. The van der Waals surface area contributed by atoms with E-state index in [2.05, 4.69) is 25.0 Å². The molecule has 1 aromatic carbocycles. The third-order valence-electron chi connectivity index (χ3n) is 5.81. The Morgan fingerprint density at radius 2 is 2.00 bits per heavy atom. The summed E-state index contributed by atoms with van der Waals surface area (Å²) in [6.45, 7) is 4.39. The zero-order chi connectivity index (χ0) is 27.0. The van der Waals surface area contributed by atoms with Crippen LogP contribution in [0.25, 0.3) is 17.0 Å². The van der Waals surface area contributed by atoms with Crippen molar-refractivity contribution in [2.75, 3.05) is 5.32 Å². The summed E-state index contributed by atoms with van der Waals surface area (Å²) >= 11 is 0. The van der Waals surface area contributed by atoms with Gasteiger partial charge in [-0.2, -0.15) is 18.2 Å². The van der Waals surface area contributed by atoms with Crippen LogP contribution in [0.2, 0.25) is 0 Å². The average molecular weight is 536 g/mol. The summed E-state index contributed by atoms with van der Waals surface area (Å²) in [6.07, 6.45) is -2.74. The minimum absolute atomic E-state index is 0.0960. The maximum absolute atomic E-state index is 13.4. The molecule has 4 rings (SSSR count). The van der Waals surface area contributed by atoms with E-state index in [1.807, 2.05) is 19.1 Å². The van der Waals surface area contributed by atoms with Crippen LogP contribution in [0.15, 0.2) is 47.2 Å². The number of imidazole rings is 1. The number of rotatable bonds is 8.